The zero-order chi connectivity index (χ0) is 11.3. The highest BCUT2D eigenvalue weighted by Crippen LogP contribution is 2.16. The van der Waals surface area contributed by atoms with E-state index < -0.39 is 6.10 Å². The normalized spacial score (nSPS) is 12.5. The number of aliphatic hydroxyl groups excluding tert-OH is 1. The molecule has 3 heteroatoms. The highest BCUT2D eigenvalue weighted by Gasteiger charge is 2.04. The van der Waals surface area contributed by atoms with Crippen LogP contribution in [0.4, 0.5) is 0 Å². The van der Waals surface area contributed by atoms with Crippen LogP contribution < -0.4 is 4.74 Å². The molecule has 0 aliphatic carbocycles. The SMILES string of the molecule is COC[C@@H](O)COc1cc(C)cc(C)c1. The van der Waals surface area contributed by atoms with Crippen molar-refractivity contribution in [2.45, 2.75) is 20.0 Å². The van der Waals surface area contributed by atoms with Gasteiger partial charge in [-0.25, -0.2) is 0 Å². The summed E-state index contributed by atoms with van der Waals surface area (Å²) < 4.78 is 10.3. The number of methoxy groups -OCH3 is 1. The second-order valence-corrected chi connectivity index (χ2v) is 3.74. The lowest BCUT2D eigenvalue weighted by Crippen LogP contribution is -2.22. The lowest BCUT2D eigenvalue weighted by atomic mass is 10.1. The fourth-order valence-electron chi connectivity index (χ4n) is 1.45. The summed E-state index contributed by atoms with van der Waals surface area (Å²) in [5, 5.41) is 9.40. The van der Waals surface area contributed by atoms with E-state index in [1.165, 1.54) is 0 Å². The predicted molar refractivity (Wildman–Crippen MR) is 59.3 cm³/mol. The first-order valence-electron chi connectivity index (χ1n) is 5.00. The summed E-state index contributed by atoms with van der Waals surface area (Å²) in [5.41, 5.74) is 2.32. The zero-order valence-electron chi connectivity index (χ0n) is 9.49. The molecule has 0 saturated heterocycles. The van der Waals surface area contributed by atoms with Gasteiger partial charge in [0.15, 0.2) is 0 Å². The highest BCUT2D eigenvalue weighted by atomic mass is 16.5. The Labute approximate surface area is 90.6 Å². The minimum absolute atomic E-state index is 0.261. The molecule has 0 radical (unpaired) electrons. The largest absolute Gasteiger partial charge is 0.491 e. The Morgan fingerprint density at radius 1 is 1.13 bits per heavy atom. The molecule has 0 aliphatic heterocycles. The summed E-state index contributed by atoms with van der Waals surface area (Å²) in [6.07, 6.45) is -0.573. The standard InChI is InChI=1S/C12H18O3/c1-9-4-10(2)6-12(5-9)15-8-11(13)7-14-3/h4-6,11,13H,7-8H2,1-3H3/t11-/m1/s1. The molecule has 0 heterocycles. The van der Waals surface area contributed by atoms with E-state index in [1.807, 2.05) is 26.0 Å². The van der Waals surface area contributed by atoms with Gasteiger partial charge in [-0.1, -0.05) is 6.07 Å². The molecule has 1 rings (SSSR count). The van der Waals surface area contributed by atoms with E-state index in [-0.39, 0.29) is 6.61 Å². The van der Waals surface area contributed by atoms with Crippen LogP contribution in [0.1, 0.15) is 11.1 Å². The molecule has 15 heavy (non-hydrogen) atoms. The number of aryl methyl sites for hydroxylation is 2. The molecule has 0 spiro atoms. The fraction of sp³-hybridized carbons (Fsp3) is 0.500. The molecule has 1 N–H and O–H groups in total. The molecule has 0 bridgehead atoms. The monoisotopic (exact) mass is 210 g/mol. The third-order valence-corrected chi connectivity index (χ3v) is 2.00. The van der Waals surface area contributed by atoms with Crippen molar-refractivity contribution in [3.8, 4) is 5.75 Å². The first-order chi connectivity index (χ1) is 7.11. The molecule has 0 amide bonds. The van der Waals surface area contributed by atoms with Crippen molar-refractivity contribution >= 4 is 0 Å². The van der Waals surface area contributed by atoms with Gasteiger partial charge < -0.3 is 14.6 Å². The van der Waals surface area contributed by atoms with Crippen molar-refractivity contribution in [2.75, 3.05) is 20.3 Å². The molecule has 0 saturated carbocycles. The molecular formula is C12H18O3. The third-order valence-electron chi connectivity index (χ3n) is 2.00. The maximum Gasteiger partial charge on any atom is 0.119 e. The Kier molecular flexibility index (Phi) is 4.59. The van der Waals surface area contributed by atoms with E-state index in [9.17, 15) is 5.11 Å². The van der Waals surface area contributed by atoms with Crippen molar-refractivity contribution in [2.24, 2.45) is 0 Å². The summed E-state index contributed by atoms with van der Waals surface area (Å²) in [4.78, 5) is 0. The predicted octanol–water partition coefficient (Wildman–Crippen LogP) is 1.69. The summed E-state index contributed by atoms with van der Waals surface area (Å²) in [5.74, 6) is 0.794. The Balaban J connectivity index is 2.50. The van der Waals surface area contributed by atoms with E-state index >= 15 is 0 Å². The Hall–Kier alpha value is -1.06. The Morgan fingerprint density at radius 2 is 1.73 bits per heavy atom. The van der Waals surface area contributed by atoms with E-state index in [0.29, 0.717) is 6.61 Å². The van der Waals surface area contributed by atoms with Gasteiger partial charge in [-0.3, -0.25) is 0 Å². The number of hydrogen-bond acceptors (Lipinski definition) is 3. The summed E-state index contributed by atoms with van der Waals surface area (Å²) in [7, 11) is 1.56. The molecule has 0 aromatic heterocycles. The minimum atomic E-state index is -0.573. The van der Waals surface area contributed by atoms with Crippen LogP contribution in [0.3, 0.4) is 0 Å². The van der Waals surface area contributed by atoms with Crippen molar-refractivity contribution in [3.63, 3.8) is 0 Å². The van der Waals surface area contributed by atoms with Crippen molar-refractivity contribution in [1.29, 1.82) is 0 Å². The Morgan fingerprint density at radius 3 is 2.27 bits per heavy atom. The average molecular weight is 210 g/mol. The molecular weight excluding hydrogens is 192 g/mol. The number of hydrogen-bond donors (Lipinski definition) is 1. The van der Waals surface area contributed by atoms with Gasteiger partial charge in [-0.15, -0.1) is 0 Å². The second-order valence-electron chi connectivity index (χ2n) is 3.74. The van der Waals surface area contributed by atoms with Crippen LogP contribution in [-0.4, -0.2) is 31.5 Å². The van der Waals surface area contributed by atoms with Crippen LogP contribution in [0, 0.1) is 13.8 Å². The molecule has 1 aromatic carbocycles. The molecule has 1 aromatic rings. The van der Waals surface area contributed by atoms with Crippen LogP contribution in [-0.2, 0) is 4.74 Å². The van der Waals surface area contributed by atoms with Gasteiger partial charge in [0.1, 0.15) is 18.5 Å². The smallest absolute Gasteiger partial charge is 0.119 e. The summed E-state index contributed by atoms with van der Waals surface area (Å²) in [6, 6.07) is 5.98. The summed E-state index contributed by atoms with van der Waals surface area (Å²) >= 11 is 0. The van der Waals surface area contributed by atoms with Crippen molar-refractivity contribution < 1.29 is 14.6 Å². The Bertz CT molecular complexity index is 289. The lowest BCUT2D eigenvalue weighted by Gasteiger charge is -2.12. The van der Waals surface area contributed by atoms with Gasteiger partial charge in [-0.2, -0.15) is 0 Å². The quantitative estimate of drug-likeness (QED) is 0.803. The maximum atomic E-state index is 9.40. The van der Waals surface area contributed by atoms with Crippen LogP contribution in [0.15, 0.2) is 18.2 Å². The van der Waals surface area contributed by atoms with Gasteiger partial charge in [0.25, 0.3) is 0 Å². The van der Waals surface area contributed by atoms with Gasteiger partial charge in [0.05, 0.1) is 6.61 Å². The molecule has 0 aliphatic rings. The summed E-state index contributed by atoms with van der Waals surface area (Å²) in [6.45, 7) is 4.60. The number of benzene rings is 1. The number of aliphatic hydroxyl groups is 1. The maximum absolute atomic E-state index is 9.40. The molecule has 0 unspecified atom stereocenters. The number of ether oxygens (including phenoxy) is 2. The topological polar surface area (TPSA) is 38.7 Å². The first-order valence-corrected chi connectivity index (χ1v) is 5.00. The van der Waals surface area contributed by atoms with Crippen LogP contribution in [0.25, 0.3) is 0 Å². The second kappa shape index (κ2) is 5.73. The van der Waals surface area contributed by atoms with E-state index in [4.69, 9.17) is 9.47 Å². The van der Waals surface area contributed by atoms with Crippen molar-refractivity contribution in [1.82, 2.24) is 0 Å². The first kappa shape index (κ1) is 12.0. The fourth-order valence-corrected chi connectivity index (χ4v) is 1.45. The molecule has 3 nitrogen and oxygen atoms in total. The molecule has 1 atom stereocenters. The molecule has 0 fully saturated rings. The van der Waals surface area contributed by atoms with E-state index in [2.05, 4.69) is 6.07 Å². The lowest BCUT2D eigenvalue weighted by molar-refractivity contribution is 0.0325. The molecule has 84 valence electrons. The zero-order valence-corrected chi connectivity index (χ0v) is 9.49. The minimum Gasteiger partial charge on any atom is -0.491 e. The van der Waals surface area contributed by atoms with Gasteiger partial charge in [-0.05, 0) is 37.1 Å². The van der Waals surface area contributed by atoms with Crippen LogP contribution in [0.5, 0.6) is 5.75 Å². The van der Waals surface area contributed by atoms with Crippen molar-refractivity contribution in [3.05, 3.63) is 29.3 Å². The highest BCUT2D eigenvalue weighted by molar-refractivity contribution is 5.32. The van der Waals surface area contributed by atoms with Gasteiger partial charge >= 0.3 is 0 Å². The number of rotatable bonds is 5. The van der Waals surface area contributed by atoms with Gasteiger partial charge in [0.2, 0.25) is 0 Å². The van der Waals surface area contributed by atoms with E-state index in [1.54, 1.807) is 7.11 Å². The third kappa shape index (κ3) is 4.32. The van der Waals surface area contributed by atoms with Crippen LogP contribution in [0.2, 0.25) is 0 Å². The average Bonchev–Trinajstić information content (AvgIpc) is 2.14. The van der Waals surface area contributed by atoms with Gasteiger partial charge in [0, 0.05) is 7.11 Å². The van der Waals surface area contributed by atoms with E-state index in [0.717, 1.165) is 16.9 Å². The van der Waals surface area contributed by atoms with Crippen LogP contribution >= 0.6 is 0 Å².